The zero-order valence-electron chi connectivity index (χ0n) is 15.4. The van der Waals surface area contributed by atoms with Gasteiger partial charge in [-0.15, -0.1) is 11.3 Å². The third-order valence-corrected chi connectivity index (χ3v) is 4.69. The molecule has 7 heteroatoms. The van der Waals surface area contributed by atoms with Gasteiger partial charge in [-0.1, -0.05) is 12.1 Å². The molecule has 0 unspecified atom stereocenters. The third-order valence-electron chi connectivity index (χ3n) is 3.85. The number of carbonyl (C=O) groups excluding carboxylic acids is 2. The van der Waals surface area contributed by atoms with Crippen molar-refractivity contribution in [3.05, 3.63) is 45.9 Å². The number of methoxy groups -OCH3 is 1. The molecule has 1 aromatic heterocycles. The van der Waals surface area contributed by atoms with Crippen molar-refractivity contribution >= 4 is 23.2 Å². The van der Waals surface area contributed by atoms with Gasteiger partial charge in [0, 0.05) is 24.9 Å². The van der Waals surface area contributed by atoms with Crippen LogP contribution < -0.4 is 4.74 Å². The van der Waals surface area contributed by atoms with Crippen LogP contribution in [0.4, 0.5) is 0 Å². The number of ether oxygens (including phenoxy) is 2. The number of hydrogen-bond donors (Lipinski definition) is 0. The summed E-state index contributed by atoms with van der Waals surface area (Å²) in [5.74, 6) is 0.357. The maximum Gasteiger partial charge on any atom is 0.307 e. The fourth-order valence-electron chi connectivity index (χ4n) is 2.43. The Morgan fingerprint density at radius 3 is 2.54 bits per heavy atom. The molecule has 1 amide bonds. The topological polar surface area (TPSA) is 68.7 Å². The van der Waals surface area contributed by atoms with Crippen LogP contribution >= 0.6 is 11.3 Å². The van der Waals surface area contributed by atoms with Crippen LogP contribution in [0.15, 0.2) is 29.6 Å². The highest BCUT2D eigenvalue weighted by atomic mass is 32.1. The molecule has 6 nitrogen and oxygen atoms in total. The normalized spacial score (nSPS) is 10.4. The highest BCUT2D eigenvalue weighted by molar-refractivity contribution is 7.09. The molecular formula is C19H24N2O4S. The van der Waals surface area contributed by atoms with Crippen molar-refractivity contribution in [2.45, 2.75) is 26.7 Å². The van der Waals surface area contributed by atoms with Crippen LogP contribution in [0.25, 0.3) is 0 Å². The van der Waals surface area contributed by atoms with Crippen molar-refractivity contribution in [3.63, 3.8) is 0 Å². The fraction of sp³-hybridized carbons (Fsp3) is 0.421. The lowest BCUT2D eigenvalue weighted by molar-refractivity contribution is -0.143. The average Bonchev–Trinajstić information content (AvgIpc) is 3.11. The van der Waals surface area contributed by atoms with Crippen LogP contribution in [0, 0.1) is 0 Å². The minimum absolute atomic E-state index is 0.158. The van der Waals surface area contributed by atoms with E-state index in [1.165, 1.54) is 11.3 Å². The van der Waals surface area contributed by atoms with Crippen LogP contribution in [0.1, 0.15) is 41.3 Å². The maximum absolute atomic E-state index is 12.6. The predicted molar refractivity (Wildman–Crippen MR) is 101 cm³/mol. The largest absolute Gasteiger partial charge is 0.497 e. The van der Waals surface area contributed by atoms with Crippen molar-refractivity contribution in [2.24, 2.45) is 0 Å². The van der Waals surface area contributed by atoms with E-state index in [1.807, 2.05) is 31.2 Å². The summed E-state index contributed by atoms with van der Waals surface area (Å²) < 4.78 is 10.1. The Morgan fingerprint density at radius 1 is 1.19 bits per heavy atom. The van der Waals surface area contributed by atoms with Crippen molar-refractivity contribution in [3.8, 4) is 5.75 Å². The third kappa shape index (κ3) is 5.56. The lowest BCUT2D eigenvalue weighted by Gasteiger charge is -2.19. The minimum atomic E-state index is -0.294. The highest BCUT2D eigenvalue weighted by Crippen LogP contribution is 2.18. The molecule has 0 radical (unpaired) electrons. The van der Waals surface area contributed by atoms with Crippen molar-refractivity contribution < 1.29 is 19.1 Å². The Bertz CT molecular complexity index is 727. The number of nitrogens with zero attached hydrogens (tertiary/aromatic N) is 2. The standard InChI is InChI=1S/C19H24N2O4S/c1-4-21(11-10-18(22)25-5-2)19(23)16-13-26-17(20-16)12-14-6-8-15(24-3)9-7-14/h6-9,13H,4-5,10-12H2,1-3H3. The van der Waals surface area contributed by atoms with Gasteiger partial charge in [-0.3, -0.25) is 9.59 Å². The molecule has 0 bridgehead atoms. The summed E-state index contributed by atoms with van der Waals surface area (Å²) in [4.78, 5) is 30.2. The van der Waals surface area contributed by atoms with E-state index in [2.05, 4.69) is 4.98 Å². The zero-order valence-corrected chi connectivity index (χ0v) is 16.2. The first-order valence-electron chi connectivity index (χ1n) is 8.59. The van der Waals surface area contributed by atoms with E-state index < -0.39 is 0 Å². The molecule has 2 rings (SSSR count). The van der Waals surface area contributed by atoms with E-state index in [0.29, 0.717) is 31.8 Å². The molecule has 1 aromatic carbocycles. The smallest absolute Gasteiger partial charge is 0.307 e. The first-order chi connectivity index (χ1) is 12.6. The summed E-state index contributed by atoms with van der Waals surface area (Å²) in [7, 11) is 1.63. The molecule has 0 saturated carbocycles. The number of thiazole rings is 1. The van der Waals surface area contributed by atoms with E-state index in [0.717, 1.165) is 16.3 Å². The predicted octanol–water partition coefficient (Wildman–Crippen LogP) is 3.16. The van der Waals surface area contributed by atoms with Gasteiger partial charge in [-0.25, -0.2) is 4.98 Å². The Labute approximate surface area is 157 Å². The van der Waals surface area contributed by atoms with E-state index in [4.69, 9.17) is 9.47 Å². The summed E-state index contributed by atoms with van der Waals surface area (Å²) in [5.41, 5.74) is 1.53. The molecule has 0 N–H and O–H groups in total. The van der Waals surface area contributed by atoms with Crippen molar-refractivity contribution in [1.29, 1.82) is 0 Å². The molecule has 0 aliphatic rings. The number of hydrogen-bond acceptors (Lipinski definition) is 6. The van der Waals surface area contributed by atoms with Crippen LogP contribution in [-0.4, -0.2) is 48.6 Å². The Kier molecular flexibility index (Phi) is 7.59. The van der Waals surface area contributed by atoms with Gasteiger partial charge in [-0.05, 0) is 31.5 Å². The lowest BCUT2D eigenvalue weighted by Crippen LogP contribution is -2.33. The first-order valence-corrected chi connectivity index (χ1v) is 9.47. The zero-order chi connectivity index (χ0) is 18.9. The summed E-state index contributed by atoms with van der Waals surface area (Å²) >= 11 is 1.46. The van der Waals surface area contributed by atoms with Crippen LogP contribution in [0.2, 0.25) is 0 Å². The fourth-order valence-corrected chi connectivity index (χ4v) is 3.24. The van der Waals surface area contributed by atoms with Crippen molar-refractivity contribution in [1.82, 2.24) is 9.88 Å². The van der Waals surface area contributed by atoms with E-state index in [9.17, 15) is 9.59 Å². The van der Waals surface area contributed by atoms with Gasteiger partial charge in [-0.2, -0.15) is 0 Å². The SMILES string of the molecule is CCOC(=O)CCN(CC)C(=O)c1csc(Cc2ccc(OC)cc2)n1. The van der Waals surface area contributed by atoms with Gasteiger partial charge >= 0.3 is 5.97 Å². The molecule has 2 aromatic rings. The number of rotatable bonds is 9. The monoisotopic (exact) mass is 376 g/mol. The molecule has 140 valence electrons. The Morgan fingerprint density at radius 2 is 1.92 bits per heavy atom. The average molecular weight is 376 g/mol. The van der Waals surface area contributed by atoms with E-state index >= 15 is 0 Å². The van der Waals surface area contributed by atoms with E-state index in [1.54, 1.807) is 24.3 Å². The highest BCUT2D eigenvalue weighted by Gasteiger charge is 2.18. The molecular weight excluding hydrogens is 352 g/mol. The number of aromatic nitrogens is 1. The summed E-state index contributed by atoms with van der Waals surface area (Å²) in [6, 6.07) is 7.78. The molecule has 0 atom stereocenters. The first kappa shape index (κ1) is 19.9. The lowest BCUT2D eigenvalue weighted by atomic mass is 10.1. The molecule has 0 aliphatic carbocycles. The molecule has 0 aliphatic heterocycles. The Hall–Kier alpha value is -2.41. The number of carbonyl (C=O) groups is 2. The Balaban J connectivity index is 1.97. The quantitative estimate of drug-likeness (QED) is 0.629. The molecule has 0 spiro atoms. The van der Waals surface area contributed by atoms with Gasteiger partial charge in [0.25, 0.3) is 5.91 Å². The van der Waals surface area contributed by atoms with Gasteiger partial charge in [0.2, 0.25) is 0 Å². The summed E-state index contributed by atoms with van der Waals surface area (Å²) in [5, 5.41) is 2.65. The second-order valence-electron chi connectivity index (χ2n) is 5.59. The number of amides is 1. The second kappa shape index (κ2) is 9.91. The van der Waals surface area contributed by atoms with Gasteiger partial charge in [0.05, 0.1) is 25.1 Å². The van der Waals surface area contributed by atoms with E-state index in [-0.39, 0.29) is 18.3 Å². The van der Waals surface area contributed by atoms with Crippen LogP contribution in [0.3, 0.4) is 0 Å². The minimum Gasteiger partial charge on any atom is -0.497 e. The summed E-state index contributed by atoms with van der Waals surface area (Å²) in [6.45, 7) is 4.84. The van der Waals surface area contributed by atoms with Gasteiger partial charge < -0.3 is 14.4 Å². The van der Waals surface area contributed by atoms with Crippen LogP contribution in [0.5, 0.6) is 5.75 Å². The van der Waals surface area contributed by atoms with Gasteiger partial charge in [0.1, 0.15) is 11.4 Å². The number of esters is 1. The number of benzene rings is 1. The van der Waals surface area contributed by atoms with Crippen molar-refractivity contribution in [2.75, 3.05) is 26.8 Å². The molecule has 26 heavy (non-hydrogen) atoms. The van der Waals surface area contributed by atoms with Crippen LogP contribution in [-0.2, 0) is 16.0 Å². The summed E-state index contributed by atoms with van der Waals surface area (Å²) in [6.07, 6.45) is 0.854. The maximum atomic E-state index is 12.6. The van der Waals surface area contributed by atoms with Gasteiger partial charge in [0.15, 0.2) is 0 Å². The molecule has 1 heterocycles. The molecule has 0 fully saturated rings. The second-order valence-corrected chi connectivity index (χ2v) is 6.53. The molecule has 0 saturated heterocycles.